The van der Waals surface area contributed by atoms with Gasteiger partial charge in [0.1, 0.15) is 17.6 Å². The maximum atomic E-state index is 8.90. The minimum absolute atomic E-state index is 0.369. The number of anilines is 3. The zero-order valence-corrected chi connectivity index (χ0v) is 11.4. The van der Waals surface area contributed by atoms with Crippen LogP contribution in [-0.2, 0) is 0 Å². The highest BCUT2D eigenvalue weighted by molar-refractivity contribution is 6.32. The Hall–Kier alpha value is -2.25. The van der Waals surface area contributed by atoms with Crippen molar-refractivity contribution in [1.82, 2.24) is 4.98 Å². The van der Waals surface area contributed by atoms with Crippen molar-refractivity contribution in [2.24, 2.45) is 0 Å². The first-order chi connectivity index (χ1) is 8.99. The Bertz CT molecular complexity index is 651. The molecule has 0 bridgehead atoms. The molecule has 5 heteroatoms. The first-order valence-corrected chi connectivity index (χ1v) is 6.09. The number of nitrogens with one attached hydrogen (secondary N) is 1. The molecule has 96 valence electrons. The Morgan fingerprint density at radius 1 is 1.26 bits per heavy atom. The third-order valence-electron chi connectivity index (χ3n) is 2.74. The van der Waals surface area contributed by atoms with Crippen LogP contribution < -0.4 is 11.1 Å². The van der Waals surface area contributed by atoms with Crippen LogP contribution >= 0.6 is 11.6 Å². The van der Waals surface area contributed by atoms with E-state index in [9.17, 15) is 0 Å². The van der Waals surface area contributed by atoms with Crippen molar-refractivity contribution in [3.05, 3.63) is 46.1 Å². The highest BCUT2D eigenvalue weighted by atomic mass is 35.5. The topological polar surface area (TPSA) is 74.7 Å². The highest BCUT2D eigenvalue weighted by Gasteiger charge is 2.05. The minimum atomic E-state index is 0.369. The van der Waals surface area contributed by atoms with Crippen LogP contribution in [0.3, 0.4) is 0 Å². The molecule has 4 nitrogen and oxygen atoms in total. The van der Waals surface area contributed by atoms with E-state index in [1.165, 1.54) is 0 Å². The SMILES string of the molecule is Cc1cc(C#N)nc(Nc2cc(N)c(C)c(Cl)c2)c1. The lowest BCUT2D eigenvalue weighted by Crippen LogP contribution is -1.98. The first-order valence-electron chi connectivity index (χ1n) is 5.71. The van der Waals surface area contributed by atoms with Gasteiger partial charge in [0.25, 0.3) is 0 Å². The number of nitrogens with zero attached hydrogens (tertiary/aromatic N) is 2. The molecule has 0 spiro atoms. The molecule has 2 aromatic rings. The maximum Gasteiger partial charge on any atom is 0.143 e. The van der Waals surface area contributed by atoms with Gasteiger partial charge in [0, 0.05) is 16.4 Å². The number of hydrogen-bond donors (Lipinski definition) is 2. The summed E-state index contributed by atoms with van der Waals surface area (Å²) in [4.78, 5) is 4.17. The molecule has 1 aromatic carbocycles. The molecule has 2 rings (SSSR count). The quantitative estimate of drug-likeness (QED) is 0.820. The van der Waals surface area contributed by atoms with E-state index in [1.807, 2.05) is 26.0 Å². The Balaban J connectivity index is 2.36. The van der Waals surface area contributed by atoms with Crippen molar-refractivity contribution in [1.29, 1.82) is 5.26 Å². The van der Waals surface area contributed by atoms with Gasteiger partial charge in [-0.2, -0.15) is 5.26 Å². The number of aryl methyl sites for hydroxylation is 1. The van der Waals surface area contributed by atoms with Gasteiger partial charge in [-0.1, -0.05) is 11.6 Å². The average molecular weight is 273 g/mol. The van der Waals surface area contributed by atoms with Crippen LogP contribution in [0.1, 0.15) is 16.8 Å². The Kier molecular flexibility index (Phi) is 3.59. The second kappa shape index (κ2) is 5.17. The number of benzene rings is 1. The molecule has 19 heavy (non-hydrogen) atoms. The third-order valence-corrected chi connectivity index (χ3v) is 3.13. The molecule has 0 aliphatic carbocycles. The van der Waals surface area contributed by atoms with Crippen molar-refractivity contribution in [3.8, 4) is 6.07 Å². The summed E-state index contributed by atoms with van der Waals surface area (Å²) in [6, 6.07) is 9.17. The second-order valence-corrected chi connectivity index (χ2v) is 4.73. The maximum absolute atomic E-state index is 8.90. The number of pyridine rings is 1. The number of rotatable bonds is 2. The molecule has 0 radical (unpaired) electrons. The zero-order valence-electron chi connectivity index (χ0n) is 10.7. The van der Waals surface area contributed by atoms with Crippen LogP contribution in [-0.4, -0.2) is 4.98 Å². The van der Waals surface area contributed by atoms with E-state index in [4.69, 9.17) is 22.6 Å². The van der Waals surface area contributed by atoms with Gasteiger partial charge in [0.05, 0.1) is 0 Å². The number of nitrogens with two attached hydrogens (primary N) is 1. The highest BCUT2D eigenvalue weighted by Crippen LogP contribution is 2.28. The number of halogens is 1. The second-order valence-electron chi connectivity index (χ2n) is 4.32. The number of nitrogen functional groups attached to an aromatic ring is 1. The Labute approximate surface area is 116 Å². The zero-order chi connectivity index (χ0) is 14.0. The Morgan fingerprint density at radius 3 is 2.63 bits per heavy atom. The van der Waals surface area contributed by atoms with Crippen LogP contribution in [0, 0.1) is 25.2 Å². The van der Waals surface area contributed by atoms with Crippen LogP contribution in [0.15, 0.2) is 24.3 Å². The monoisotopic (exact) mass is 272 g/mol. The van der Waals surface area contributed by atoms with Crippen molar-refractivity contribution >= 4 is 28.8 Å². The van der Waals surface area contributed by atoms with Crippen LogP contribution in [0.5, 0.6) is 0 Å². The van der Waals surface area contributed by atoms with Gasteiger partial charge >= 0.3 is 0 Å². The number of nitriles is 1. The molecular weight excluding hydrogens is 260 g/mol. The molecule has 0 aliphatic heterocycles. The largest absolute Gasteiger partial charge is 0.398 e. The summed E-state index contributed by atoms with van der Waals surface area (Å²) in [7, 11) is 0. The smallest absolute Gasteiger partial charge is 0.143 e. The molecule has 1 heterocycles. The van der Waals surface area contributed by atoms with E-state index < -0.39 is 0 Å². The van der Waals surface area contributed by atoms with Crippen LogP contribution in [0.4, 0.5) is 17.2 Å². The fourth-order valence-electron chi connectivity index (χ4n) is 1.71. The normalized spacial score (nSPS) is 10.0. The number of aromatic nitrogens is 1. The van der Waals surface area contributed by atoms with Crippen LogP contribution in [0.25, 0.3) is 0 Å². The fraction of sp³-hybridized carbons (Fsp3) is 0.143. The van der Waals surface area contributed by atoms with E-state index in [2.05, 4.69) is 10.3 Å². The summed E-state index contributed by atoms with van der Waals surface area (Å²) in [5, 5.41) is 12.6. The molecule has 0 atom stereocenters. The lowest BCUT2D eigenvalue weighted by Gasteiger charge is -2.10. The first kappa shape index (κ1) is 13.2. The van der Waals surface area contributed by atoms with Gasteiger partial charge in [-0.15, -0.1) is 0 Å². The molecule has 3 N–H and O–H groups in total. The van der Waals surface area contributed by atoms with Crippen LogP contribution in [0.2, 0.25) is 5.02 Å². The standard InChI is InChI=1S/C14H13ClN4/c1-8-3-11(7-16)19-14(4-8)18-10-5-12(15)9(2)13(17)6-10/h3-6H,17H2,1-2H3,(H,18,19). The molecule has 0 aliphatic rings. The fourth-order valence-corrected chi connectivity index (χ4v) is 1.94. The predicted octanol–water partition coefficient (Wildman–Crippen LogP) is 3.55. The van der Waals surface area contributed by atoms with Gasteiger partial charge in [0.15, 0.2) is 0 Å². The van der Waals surface area contributed by atoms with Crippen molar-refractivity contribution in [2.45, 2.75) is 13.8 Å². The average Bonchev–Trinajstić information content (AvgIpc) is 2.35. The molecule has 0 unspecified atom stereocenters. The predicted molar refractivity (Wildman–Crippen MR) is 77.6 cm³/mol. The van der Waals surface area contributed by atoms with E-state index >= 15 is 0 Å². The van der Waals surface area contributed by atoms with E-state index in [-0.39, 0.29) is 0 Å². The van der Waals surface area contributed by atoms with Gasteiger partial charge in [-0.3, -0.25) is 0 Å². The van der Waals surface area contributed by atoms with Gasteiger partial charge in [0.2, 0.25) is 0 Å². The molecule has 0 fully saturated rings. The summed E-state index contributed by atoms with van der Waals surface area (Å²) >= 11 is 6.08. The van der Waals surface area contributed by atoms with Gasteiger partial charge in [-0.05, 0) is 49.2 Å². The molecule has 0 amide bonds. The summed E-state index contributed by atoms with van der Waals surface area (Å²) in [6.45, 7) is 3.77. The summed E-state index contributed by atoms with van der Waals surface area (Å²) in [5.74, 6) is 0.593. The number of hydrogen-bond acceptors (Lipinski definition) is 4. The van der Waals surface area contributed by atoms with E-state index in [1.54, 1.807) is 18.2 Å². The van der Waals surface area contributed by atoms with E-state index in [0.717, 1.165) is 16.8 Å². The molecule has 1 aromatic heterocycles. The van der Waals surface area contributed by atoms with Gasteiger partial charge < -0.3 is 11.1 Å². The summed E-state index contributed by atoms with van der Waals surface area (Å²) in [5.41, 5.74) is 9.40. The third kappa shape index (κ3) is 2.95. The molecular formula is C14H13ClN4. The molecule has 0 saturated heterocycles. The minimum Gasteiger partial charge on any atom is -0.398 e. The van der Waals surface area contributed by atoms with E-state index in [0.29, 0.717) is 22.2 Å². The Morgan fingerprint density at radius 2 is 2.00 bits per heavy atom. The lowest BCUT2D eigenvalue weighted by atomic mass is 10.2. The molecule has 0 saturated carbocycles. The summed E-state index contributed by atoms with van der Waals surface area (Å²) < 4.78 is 0. The van der Waals surface area contributed by atoms with Crippen molar-refractivity contribution in [3.63, 3.8) is 0 Å². The van der Waals surface area contributed by atoms with Crippen molar-refractivity contribution < 1.29 is 0 Å². The lowest BCUT2D eigenvalue weighted by molar-refractivity contribution is 1.23. The van der Waals surface area contributed by atoms with Gasteiger partial charge in [-0.25, -0.2) is 4.98 Å². The summed E-state index contributed by atoms with van der Waals surface area (Å²) in [6.07, 6.45) is 0. The van der Waals surface area contributed by atoms with Crippen molar-refractivity contribution in [2.75, 3.05) is 11.1 Å².